The molecule has 0 aliphatic carbocycles. The molecule has 10 heteroatoms. The van der Waals surface area contributed by atoms with Gasteiger partial charge >= 0.3 is 0 Å². The van der Waals surface area contributed by atoms with Gasteiger partial charge in [-0.05, 0) is 31.5 Å². The topological polar surface area (TPSA) is 100 Å². The molecule has 2 N–H and O–H groups in total. The standard InChI is InChI=1S/C24H29FN6O2S/c1-13-6-18-20(34-13)19(21(32)31-11-15(12-31)8-27-22(33)24(3,4)5)30-23(29-18)28-14(2)16-7-17(25)10-26-9-16/h6-7,9-10,14-15H,8,11-12H2,1-5H3,(H,27,33)(H,28,29,30). The maximum atomic E-state index is 13.6. The highest BCUT2D eigenvalue weighted by Crippen LogP contribution is 2.30. The van der Waals surface area contributed by atoms with Crippen LogP contribution in [0.1, 0.15) is 54.7 Å². The first kappa shape index (κ1) is 24.0. The number of pyridine rings is 1. The van der Waals surface area contributed by atoms with Gasteiger partial charge in [0.05, 0.1) is 22.5 Å². The number of carbonyl (C=O) groups excluding carboxylic acids is 2. The first-order chi connectivity index (χ1) is 16.0. The van der Waals surface area contributed by atoms with E-state index in [1.54, 1.807) is 11.1 Å². The molecule has 1 saturated heterocycles. The van der Waals surface area contributed by atoms with Crippen LogP contribution >= 0.6 is 11.3 Å². The molecule has 4 rings (SSSR count). The normalized spacial score (nSPS) is 15.2. The van der Waals surface area contributed by atoms with Gasteiger partial charge in [-0.1, -0.05) is 20.8 Å². The third-order valence-electron chi connectivity index (χ3n) is 5.75. The lowest BCUT2D eigenvalue weighted by atomic mass is 9.94. The molecule has 0 bridgehead atoms. The number of nitrogens with zero attached hydrogens (tertiary/aromatic N) is 4. The van der Waals surface area contributed by atoms with Gasteiger partial charge in [0.2, 0.25) is 11.9 Å². The van der Waals surface area contributed by atoms with Crippen molar-refractivity contribution in [2.45, 2.75) is 40.7 Å². The lowest BCUT2D eigenvalue weighted by Gasteiger charge is -2.39. The van der Waals surface area contributed by atoms with Crippen LogP contribution in [0.4, 0.5) is 10.3 Å². The Labute approximate surface area is 202 Å². The summed E-state index contributed by atoms with van der Waals surface area (Å²) in [6.07, 6.45) is 2.73. The number of carbonyl (C=O) groups is 2. The smallest absolute Gasteiger partial charge is 0.274 e. The summed E-state index contributed by atoms with van der Waals surface area (Å²) in [6.45, 7) is 11.1. The van der Waals surface area contributed by atoms with Gasteiger partial charge in [-0.2, -0.15) is 0 Å². The number of nitrogens with one attached hydrogen (secondary N) is 2. The summed E-state index contributed by atoms with van der Waals surface area (Å²) < 4.78 is 14.3. The van der Waals surface area contributed by atoms with Crippen LogP contribution in [0.25, 0.3) is 10.2 Å². The minimum absolute atomic E-state index is 0.00202. The molecule has 180 valence electrons. The van der Waals surface area contributed by atoms with Gasteiger partial charge < -0.3 is 15.5 Å². The van der Waals surface area contributed by atoms with Crippen molar-refractivity contribution in [1.29, 1.82) is 0 Å². The predicted molar refractivity (Wildman–Crippen MR) is 130 cm³/mol. The first-order valence-corrected chi connectivity index (χ1v) is 12.1. The molecule has 0 spiro atoms. The molecule has 1 atom stereocenters. The van der Waals surface area contributed by atoms with Crippen molar-refractivity contribution in [1.82, 2.24) is 25.2 Å². The summed E-state index contributed by atoms with van der Waals surface area (Å²) >= 11 is 1.49. The zero-order valence-corrected chi connectivity index (χ0v) is 20.8. The van der Waals surface area contributed by atoms with Gasteiger partial charge in [0.1, 0.15) is 5.82 Å². The molecular formula is C24H29FN6O2S. The van der Waals surface area contributed by atoms with Crippen molar-refractivity contribution in [3.8, 4) is 0 Å². The van der Waals surface area contributed by atoms with Crippen LogP contribution in [-0.2, 0) is 4.79 Å². The Balaban J connectivity index is 1.49. The molecule has 8 nitrogen and oxygen atoms in total. The van der Waals surface area contributed by atoms with Crippen LogP contribution in [0, 0.1) is 24.1 Å². The van der Waals surface area contributed by atoms with E-state index in [1.807, 2.05) is 40.7 Å². The van der Waals surface area contributed by atoms with E-state index in [-0.39, 0.29) is 23.8 Å². The highest BCUT2D eigenvalue weighted by Gasteiger charge is 2.34. The quantitative estimate of drug-likeness (QED) is 0.550. The number of anilines is 1. The number of aromatic nitrogens is 3. The lowest BCUT2D eigenvalue weighted by Crippen LogP contribution is -2.54. The minimum atomic E-state index is -0.440. The van der Waals surface area contributed by atoms with Crippen molar-refractivity contribution >= 4 is 39.3 Å². The van der Waals surface area contributed by atoms with Crippen LogP contribution in [0.5, 0.6) is 0 Å². The number of amides is 2. The van der Waals surface area contributed by atoms with Gasteiger partial charge in [0, 0.05) is 42.0 Å². The van der Waals surface area contributed by atoms with E-state index in [0.717, 1.165) is 15.8 Å². The molecule has 1 unspecified atom stereocenters. The molecular weight excluding hydrogens is 455 g/mol. The van der Waals surface area contributed by atoms with Crippen molar-refractivity contribution in [3.05, 3.63) is 46.5 Å². The Bertz CT molecular complexity index is 1230. The second-order valence-corrected chi connectivity index (χ2v) is 11.1. The maximum Gasteiger partial charge on any atom is 0.274 e. The summed E-state index contributed by atoms with van der Waals surface area (Å²) in [5, 5.41) is 6.13. The highest BCUT2D eigenvalue weighted by molar-refractivity contribution is 7.19. The first-order valence-electron chi connectivity index (χ1n) is 11.2. The van der Waals surface area contributed by atoms with Crippen LogP contribution < -0.4 is 10.6 Å². The molecule has 34 heavy (non-hydrogen) atoms. The van der Waals surface area contributed by atoms with Gasteiger partial charge in [0.15, 0.2) is 5.69 Å². The van der Waals surface area contributed by atoms with Crippen LogP contribution in [-0.4, -0.2) is 51.3 Å². The molecule has 1 aliphatic heterocycles. The van der Waals surface area contributed by atoms with Gasteiger partial charge in [0.25, 0.3) is 5.91 Å². The van der Waals surface area contributed by atoms with Gasteiger partial charge in [-0.15, -0.1) is 11.3 Å². The molecule has 1 fully saturated rings. The molecule has 0 saturated carbocycles. The molecule has 3 aromatic heterocycles. The average Bonchev–Trinajstić information content (AvgIpc) is 3.10. The predicted octanol–water partition coefficient (Wildman–Crippen LogP) is 3.94. The number of thiophene rings is 1. The van der Waals surface area contributed by atoms with Crippen LogP contribution in [0.3, 0.4) is 0 Å². The van der Waals surface area contributed by atoms with Crippen LogP contribution in [0.15, 0.2) is 24.5 Å². The molecule has 2 amide bonds. The summed E-state index contributed by atoms with van der Waals surface area (Å²) in [5.41, 5.74) is 1.26. The fraction of sp³-hybridized carbons (Fsp3) is 0.458. The van der Waals surface area contributed by atoms with Crippen molar-refractivity contribution in [3.63, 3.8) is 0 Å². The number of fused-ring (bicyclic) bond motifs is 1. The summed E-state index contributed by atoms with van der Waals surface area (Å²) in [7, 11) is 0. The number of halogens is 1. The fourth-order valence-corrected chi connectivity index (χ4v) is 4.65. The highest BCUT2D eigenvalue weighted by atomic mass is 32.1. The summed E-state index contributed by atoms with van der Waals surface area (Å²) in [6, 6.07) is 3.03. The number of hydrogen-bond acceptors (Lipinski definition) is 7. The van der Waals surface area contributed by atoms with Gasteiger partial charge in [-0.3, -0.25) is 14.6 Å². The summed E-state index contributed by atoms with van der Waals surface area (Å²) in [5.74, 6) is -0.0495. The Morgan fingerprint density at radius 3 is 2.65 bits per heavy atom. The van der Waals surface area contributed by atoms with E-state index < -0.39 is 11.2 Å². The third kappa shape index (κ3) is 5.16. The van der Waals surface area contributed by atoms with Crippen molar-refractivity contribution in [2.24, 2.45) is 11.3 Å². The lowest BCUT2D eigenvalue weighted by molar-refractivity contribution is -0.128. The molecule has 4 heterocycles. The molecule has 0 aromatic carbocycles. The van der Waals surface area contributed by atoms with Crippen molar-refractivity contribution < 1.29 is 14.0 Å². The van der Waals surface area contributed by atoms with E-state index in [2.05, 4.69) is 25.6 Å². The van der Waals surface area contributed by atoms with E-state index in [9.17, 15) is 14.0 Å². The van der Waals surface area contributed by atoms with Crippen molar-refractivity contribution in [2.75, 3.05) is 25.0 Å². The third-order valence-corrected chi connectivity index (χ3v) is 6.79. The average molecular weight is 485 g/mol. The summed E-state index contributed by atoms with van der Waals surface area (Å²) in [4.78, 5) is 41.2. The SMILES string of the molecule is Cc1cc2nc(NC(C)c3cncc(F)c3)nc(C(=O)N3CC(CNC(=O)C(C)(C)C)C3)c2s1. The van der Waals surface area contributed by atoms with E-state index in [4.69, 9.17) is 0 Å². The molecule has 1 aliphatic rings. The van der Waals surface area contributed by atoms with E-state index in [0.29, 0.717) is 42.4 Å². The Kier molecular flexibility index (Phi) is 6.53. The number of aryl methyl sites for hydroxylation is 1. The second-order valence-electron chi connectivity index (χ2n) is 9.81. The largest absolute Gasteiger partial charge is 0.355 e. The van der Waals surface area contributed by atoms with E-state index in [1.165, 1.54) is 17.4 Å². The van der Waals surface area contributed by atoms with E-state index >= 15 is 0 Å². The number of rotatable bonds is 6. The zero-order chi connectivity index (χ0) is 24.6. The monoisotopic (exact) mass is 484 g/mol. The fourth-order valence-electron chi connectivity index (χ4n) is 3.72. The molecule has 0 radical (unpaired) electrons. The number of hydrogen-bond donors (Lipinski definition) is 2. The number of likely N-dealkylation sites (tertiary alicyclic amines) is 1. The minimum Gasteiger partial charge on any atom is -0.355 e. The zero-order valence-electron chi connectivity index (χ0n) is 20.0. The van der Waals surface area contributed by atoms with Gasteiger partial charge in [-0.25, -0.2) is 14.4 Å². The van der Waals surface area contributed by atoms with Crippen LogP contribution in [0.2, 0.25) is 0 Å². The Morgan fingerprint density at radius 2 is 1.97 bits per heavy atom. The maximum absolute atomic E-state index is 13.6. The second kappa shape index (κ2) is 9.25. The Hall–Kier alpha value is -3.14. The molecule has 3 aromatic rings. The Morgan fingerprint density at radius 1 is 1.24 bits per heavy atom.